The van der Waals surface area contributed by atoms with Crippen molar-refractivity contribution < 1.29 is 0 Å². The van der Waals surface area contributed by atoms with Gasteiger partial charge in [-0.05, 0) is 30.0 Å². The van der Waals surface area contributed by atoms with E-state index in [0.717, 1.165) is 5.69 Å². The Bertz CT molecular complexity index is 736. The summed E-state index contributed by atoms with van der Waals surface area (Å²) in [7, 11) is 0. The molecule has 0 spiro atoms. The van der Waals surface area contributed by atoms with Crippen LogP contribution >= 0.6 is 0 Å². The maximum atomic E-state index is 4.46. The molecule has 1 heterocycles. The first kappa shape index (κ1) is 11.7. The molecule has 92 valence electrons. The minimum Gasteiger partial charge on any atom is -0.256 e. The second-order valence-electron chi connectivity index (χ2n) is 4.66. The van der Waals surface area contributed by atoms with E-state index in [-0.39, 0.29) is 0 Å². The van der Waals surface area contributed by atoms with Gasteiger partial charge in [0.2, 0.25) is 0 Å². The highest BCUT2D eigenvalue weighted by Gasteiger charge is 1.97. The normalized spacial score (nSPS) is 11.2. The molecule has 3 aromatic rings. The fraction of sp³-hybridized carbons (Fsp3) is 0.0556. The van der Waals surface area contributed by atoms with Crippen molar-refractivity contribution in [3.63, 3.8) is 0 Å². The molecule has 0 unspecified atom stereocenters. The van der Waals surface area contributed by atoms with E-state index in [1.165, 1.54) is 21.9 Å². The van der Waals surface area contributed by atoms with E-state index in [0.29, 0.717) is 0 Å². The summed E-state index contributed by atoms with van der Waals surface area (Å²) in [6.45, 7) is 2.10. The zero-order chi connectivity index (χ0) is 13.1. The van der Waals surface area contributed by atoms with E-state index in [1.54, 1.807) is 0 Å². The van der Waals surface area contributed by atoms with Gasteiger partial charge in [0.25, 0.3) is 0 Å². The van der Waals surface area contributed by atoms with Crippen LogP contribution in [0, 0.1) is 6.92 Å². The Balaban J connectivity index is 2.02. The van der Waals surface area contributed by atoms with Gasteiger partial charge in [-0.3, -0.25) is 4.98 Å². The molecular weight excluding hydrogens is 230 g/mol. The minimum atomic E-state index is 1.01. The maximum absolute atomic E-state index is 4.46. The van der Waals surface area contributed by atoms with E-state index in [2.05, 4.69) is 66.5 Å². The zero-order valence-corrected chi connectivity index (χ0v) is 10.9. The molecule has 1 nitrogen and oxygen atoms in total. The third-order valence-electron chi connectivity index (χ3n) is 3.18. The van der Waals surface area contributed by atoms with Crippen molar-refractivity contribution in [1.82, 2.24) is 4.98 Å². The lowest BCUT2D eigenvalue weighted by Crippen LogP contribution is -1.83. The number of hydrogen-bond acceptors (Lipinski definition) is 1. The van der Waals surface area contributed by atoms with Crippen LogP contribution in [0.15, 0.2) is 60.8 Å². The summed E-state index contributed by atoms with van der Waals surface area (Å²) in [6, 6.07) is 18.8. The lowest BCUT2D eigenvalue weighted by Gasteiger charge is -2.01. The Morgan fingerprint density at radius 1 is 0.895 bits per heavy atom. The van der Waals surface area contributed by atoms with Crippen molar-refractivity contribution in [2.45, 2.75) is 6.92 Å². The first-order chi connectivity index (χ1) is 9.33. The van der Waals surface area contributed by atoms with Crippen molar-refractivity contribution in [2.24, 2.45) is 0 Å². The van der Waals surface area contributed by atoms with Gasteiger partial charge in [-0.2, -0.15) is 0 Å². The fourth-order valence-corrected chi connectivity index (χ4v) is 2.22. The second-order valence-corrected chi connectivity index (χ2v) is 4.66. The predicted molar refractivity (Wildman–Crippen MR) is 81.9 cm³/mol. The first-order valence-electron chi connectivity index (χ1n) is 6.41. The molecule has 1 heteroatoms. The van der Waals surface area contributed by atoms with Gasteiger partial charge in [0, 0.05) is 11.6 Å². The molecule has 0 fully saturated rings. The monoisotopic (exact) mass is 245 g/mol. The van der Waals surface area contributed by atoms with Gasteiger partial charge in [-0.1, -0.05) is 60.2 Å². The third kappa shape index (κ3) is 2.55. The quantitative estimate of drug-likeness (QED) is 0.637. The molecule has 19 heavy (non-hydrogen) atoms. The van der Waals surface area contributed by atoms with Crippen LogP contribution in [0.5, 0.6) is 0 Å². The molecule has 0 amide bonds. The molecular formula is C18H15N. The van der Waals surface area contributed by atoms with Crippen LogP contribution in [0.4, 0.5) is 0 Å². The largest absolute Gasteiger partial charge is 0.256 e. The number of aromatic nitrogens is 1. The smallest absolute Gasteiger partial charge is 0.0708 e. The summed E-state index contributed by atoms with van der Waals surface area (Å²) >= 11 is 0. The van der Waals surface area contributed by atoms with Crippen molar-refractivity contribution in [1.29, 1.82) is 0 Å². The van der Waals surface area contributed by atoms with Gasteiger partial charge in [0.05, 0.1) is 5.69 Å². The van der Waals surface area contributed by atoms with E-state index in [4.69, 9.17) is 0 Å². The molecule has 0 N–H and O–H groups in total. The minimum absolute atomic E-state index is 1.01. The van der Waals surface area contributed by atoms with E-state index in [1.807, 2.05) is 18.3 Å². The average molecular weight is 245 g/mol. The molecule has 0 aliphatic heterocycles. The Labute approximate surface area is 113 Å². The van der Waals surface area contributed by atoms with Crippen LogP contribution in [-0.4, -0.2) is 4.98 Å². The predicted octanol–water partition coefficient (Wildman–Crippen LogP) is 4.71. The number of rotatable bonds is 2. The average Bonchev–Trinajstić information content (AvgIpc) is 2.45. The summed E-state index contributed by atoms with van der Waals surface area (Å²) in [6.07, 6.45) is 6.05. The van der Waals surface area contributed by atoms with Crippen LogP contribution in [0.2, 0.25) is 0 Å². The number of pyridine rings is 1. The third-order valence-corrected chi connectivity index (χ3v) is 3.18. The molecule has 0 aliphatic rings. The number of aryl methyl sites for hydroxylation is 1. The number of benzene rings is 2. The van der Waals surface area contributed by atoms with Crippen molar-refractivity contribution >= 4 is 22.9 Å². The van der Waals surface area contributed by atoms with Crippen molar-refractivity contribution in [3.05, 3.63) is 77.6 Å². The van der Waals surface area contributed by atoms with Gasteiger partial charge in [-0.15, -0.1) is 0 Å². The van der Waals surface area contributed by atoms with E-state index < -0.39 is 0 Å². The van der Waals surface area contributed by atoms with Gasteiger partial charge in [0.15, 0.2) is 0 Å². The van der Waals surface area contributed by atoms with Crippen molar-refractivity contribution in [3.8, 4) is 0 Å². The molecule has 0 atom stereocenters. The van der Waals surface area contributed by atoms with Gasteiger partial charge < -0.3 is 0 Å². The molecule has 0 aliphatic carbocycles. The highest BCUT2D eigenvalue weighted by atomic mass is 14.7. The second kappa shape index (κ2) is 5.07. The van der Waals surface area contributed by atoms with Crippen LogP contribution in [0.1, 0.15) is 16.8 Å². The Morgan fingerprint density at radius 3 is 2.68 bits per heavy atom. The summed E-state index contributed by atoms with van der Waals surface area (Å²) in [4.78, 5) is 4.46. The van der Waals surface area contributed by atoms with Crippen LogP contribution < -0.4 is 0 Å². The molecule has 3 rings (SSSR count). The molecule has 2 aromatic carbocycles. The molecule has 0 saturated carbocycles. The summed E-state index contributed by atoms with van der Waals surface area (Å²) in [5.74, 6) is 0. The lowest BCUT2D eigenvalue weighted by atomic mass is 10.1. The van der Waals surface area contributed by atoms with Gasteiger partial charge >= 0.3 is 0 Å². The number of hydrogen-bond donors (Lipinski definition) is 0. The van der Waals surface area contributed by atoms with Crippen LogP contribution in [0.3, 0.4) is 0 Å². The van der Waals surface area contributed by atoms with Crippen molar-refractivity contribution in [2.75, 3.05) is 0 Å². The van der Waals surface area contributed by atoms with Gasteiger partial charge in [-0.25, -0.2) is 0 Å². The van der Waals surface area contributed by atoms with Crippen LogP contribution in [0.25, 0.3) is 22.9 Å². The van der Waals surface area contributed by atoms with E-state index >= 15 is 0 Å². The molecule has 0 saturated heterocycles. The molecule has 1 aromatic heterocycles. The highest BCUT2D eigenvalue weighted by Crippen LogP contribution is 2.18. The first-order valence-corrected chi connectivity index (χ1v) is 6.41. The summed E-state index contributed by atoms with van der Waals surface area (Å²) < 4.78 is 0. The summed E-state index contributed by atoms with van der Waals surface area (Å²) in [5.41, 5.74) is 3.49. The highest BCUT2D eigenvalue weighted by molar-refractivity contribution is 5.90. The lowest BCUT2D eigenvalue weighted by molar-refractivity contribution is 1.33. The van der Waals surface area contributed by atoms with Crippen LogP contribution in [-0.2, 0) is 0 Å². The maximum Gasteiger partial charge on any atom is 0.0708 e. The summed E-state index contributed by atoms with van der Waals surface area (Å²) in [5, 5.41) is 2.41. The fourth-order valence-electron chi connectivity index (χ4n) is 2.22. The zero-order valence-electron chi connectivity index (χ0n) is 10.9. The Hall–Kier alpha value is -2.41. The Kier molecular flexibility index (Phi) is 3.11. The Morgan fingerprint density at radius 2 is 1.79 bits per heavy atom. The standard InChI is InChI=1S/C18H15N/c1-14-5-4-6-15(13-14)9-10-18-17-8-3-2-7-16(17)11-12-19-18/h2-13H,1H3/b10-9+. The number of fused-ring (bicyclic) bond motifs is 1. The molecule has 0 bridgehead atoms. The SMILES string of the molecule is Cc1cccc(/C=C/c2nccc3ccccc23)c1. The topological polar surface area (TPSA) is 12.9 Å². The molecule has 0 radical (unpaired) electrons. The van der Waals surface area contributed by atoms with E-state index in [9.17, 15) is 0 Å². The number of nitrogens with zero attached hydrogens (tertiary/aromatic N) is 1. The van der Waals surface area contributed by atoms with Gasteiger partial charge in [0.1, 0.15) is 0 Å².